The molecule has 0 saturated heterocycles. The fraction of sp³-hybridized carbons (Fsp3) is 0.147. The molecule has 2 aliphatic rings. The van der Waals surface area contributed by atoms with E-state index >= 15 is 0 Å². The maximum atomic E-state index is 14.2. The molecule has 10 heteroatoms. The molecule has 1 atom stereocenters. The van der Waals surface area contributed by atoms with Crippen LogP contribution in [0.25, 0.3) is 22.0 Å². The molecule has 0 fully saturated rings. The van der Waals surface area contributed by atoms with Crippen LogP contribution in [-0.2, 0) is 6.42 Å². The Labute approximate surface area is 264 Å². The number of nitrogens with zero attached hydrogens (tertiary/aromatic N) is 3. The van der Waals surface area contributed by atoms with E-state index in [2.05, 4.69) is 24.3 Å². The maximum Gasteiger partial charge on any atom is 0.271 e. The van der Waals surface area contributed by atoms with Crippen molar-refractivity contribution >= 4 is 56.4 Å². The Morgan fingerprint density at radius 1 is 0.977 bits per heavy atom. The Hall–Kier alpha value is -4.38. The summed E-state index contributed by atoms with van der Waals surface area (Å²) in [5.74, 6) is 2.00. The molecule has 4 heterocycles. The lowest BCUT2D eigenvalue weighted by atomic mass is 9.83. The number of methoxy groups -OCH3 is 2. The summed E-state index contributed by atoms with van der Waals surface area (Å²) < 4.78 is 22.0. The Morgan fingerprint density at radius 2 is 1.84 bits per heavy atom. The van der Waals surface area contributed by atoms with Gasteiger partial charge >= 0.3 is 0 Å². The fourth-order valence-corrected chi connectivity index (χ4v) is 8.88. The minimum absolute atomic E-state index is 0.120. The van der Waals surface area contributed by atoms with Gasteiger partial charge in [-0.15, -0.1) is 11.3 Å². The Kier molecular flexibility index (Phi) is 6.77. The molecule has 3 aromatic heterocycles. The van der Waals surface area contributed by atoms with E-state index in [9.17, 15) is 4.79 Å². The van der Waals surface area contributed by atoms with Gasteiger partial charge in [0.25, 0.3) is 5.56 Å². The quantitative estimate of drug-likeness (QED) is 0.203. The van der Waals surface area contributed by atoms with Gasteiger partial charge in [0.2, 0.25) is 0 Å². The van der Waals surface area contributed by atoms with Crippen LogP contribution in [0.3, 0.4) is 0 Å². The van der Waals surface area contributed by atoms with Crippen LogP contribution in [0.5, 0.6) is 11.5 Å². The Bertz CT molecular complexity index is 2260. The second kappa shape index (κ2) is 11.0. The molecular formula is C34H25N3O4S3. The first-order valence-electron chi connectivity index (χ1n) is 14.1. The lowest BCUT2D eigenvalue weighted by Crippen LogP contribution is -2.39. The van der Waals surface area contributed by atoms with Gasteiger partial charge in [-0.3, -0.25) is 9.36 Å². The number of thiazole rings is 2. The highest BCUT2D eigenvalue weighted by Crippen LogP contribution is 2.44. The van der Waals surface area contributed by atoms with Gasteiger partial charge in [-0.25, -0.2) is 9.98 Å². The van der Waals surface area contributed by atoms with Crippen molar-refractivity contribution in [2.45, 2.75) is 28.3 Å². The van der Waals surface area contributed by atoms with Gasteiger partial charge in [-0.05, 0) is 78.2 Å². The van der Waals surface area contributed by atoms with Crippen molar-refractivity contribution in [3.63, 3.8) is 0 Å². The normalized spacial score (nSPS) is 16.0. The van der Waals surface area contributed by atoms with Crippen molar-refractivity contribution in [3.8, 4) is 11.5 Å². The smallest absolute Gasteiger partial charge is 0.271 e. The van der Waals surface area contributed by atoms with E-state index < -0.39 is 0 Å². The molecule has 1 aliphatic heterocycles. The Morgan fingerprint density at radius 3 is 2.70 bits per heavy atom. The van der Waals surface area contributed by atoms with Crippen LogP contribution < -0.4 is 24.4 Å². The topological polar surface area (TPSA) is 78.8 Å². The van der Waals surface area contributed by atoms with E-state index in [1.807, 2.05) is 60.7 Å². The van der Waals surface area contributed by atoms with Crippen LogP contribution in [0, 0.1) is 0 Å². The van der Waals surface area contributed by atoms with Gasteiger partial charge < -0.3 is 13.9 Å². The van der Waals surface area contributed by atoms with Gasteiger partial charge in [0.1, 0.15) is 17.3 Å². The third kappa shape index (κ3) is 4.61. The molecule has 8 rings (SSSR count). The fourth-order valence-electron chi connectivity index (χ4n) is 5.93. The Balaban J connectivity index is 1.25. The molecule has 1 unspecified atom stereocenters. The van der Waals surface area contributed by atoms with Crippen molar-refractivity contribution in [2.24, 2.45) is 4.99 Å². The molecule has 1 aliphatic carbocycles. The van der Waals surface area contributed by atoms with E-state index in [-0.39, 0.29) is 11.6 Å². The number of aryl methyl sites for hydroxylation is 1. The van der Waals surface area contributed by atoms with Crippen molar-refractivity contribution in [1.82, 2.24) is 9.55 Å². The number of hydrogen-bond acceptors (Lipinski definition) is 9. The molecule has 3 aromatic carbocycles. The van der Waals surface area contributed by atoms with E-state index in [0.29, 0.717) is 31.7 Å². The van der Waals surface area contributed by atoms with Crippen LogP contribution in [0.2, 0.25) is 0 Å². The molecule has 0 spiro atoms. The highest BCUT2D eigenvalue weighted by atomic mass is 32.2. The highest BCUT2D eigenvalue weighted by Gasteiger charge is 2.34. The van der Waals surface area contributed by atoms with Crippen molar-refractivity contribution in [3.05, 3.63) is 127 Å². The second-order valence-corrected chi connectivity index (χ2v) is 13.7. The van der Waals surface area contributed by atoms with Crippen molar-refractivity contribution in [1.29, 1.82) is 0 Å². The van der Waals surface area contributed by atoms with Gasteiger partial charge in [0, 0.05) is 17.2 Å². The van der Waals surface area contributed by atoms with Gasteiger partial charge in [0.05, 0.1) is 40.7 Å². The molecule has 0 amide bonds. The third-order valence-electron chi connectivity index (χ3n) is 7.94. The lowest BCUT2D eigenvalue weighted by Gasteiger charge is -2.31. The predicted octanol–water partition coefficient (Wildman–Crippen LogP) is 6.69. The van der Waals surface area contributed by atoms with E-state index in [0.717, 1.165) is 49.8 Å². The number of rotatable bonds is 6. The first kappa shape index (κ1) is 27.2. The summed E-state index contributed by atoms with van der Waals surface area (Å²) >= 11 is 4.48. The monoisotopic (exact) mass is 635 g/mol. The van der Waals surface area contributed by atoms with E-state index in [1.54, 1.807) is 30.1 Å². The lowest BCUT2D eigenvalue weighted by molar-refractivity contribution is 0.392. The predicted molar refractivity (Wildman–Crippen MR) is 175 cm³/mol. The number of fused-ring (bicyclic) bond motifs is 4. The van der Waals surface area contributed by atoms with Crippen molar-refractivity contribution < 1.29 is 13.9 Å². The second-order valence-electron chi connectivity index (χ2n) is 10.4. The maximum absolute atomic E-state index is 14.2. The summed E-state index contributed by atoms with van der Waals surface area (Å²) in [7, 11) is 3.30. The average Bonchev–Trinajstić information content (AvgIpc) is 3.76. The molecule has 0 bridgehead atoms. The summed E-state index contributed by atoms with van der Waals surface area (Å²) in [6.07, 6.45) is 3.47. The van der Waals surface area contributed by atoms with Gasteiger partial charge in [-0.2, -0.15) is 0 Å². The summed E-state index contributed by atoms with van der Waals surface area (Å²) in [5, 5.41) is 0.717. The third-order valence-corrected chi connectivity index (χ3v) is 10.9. The van der Waals surface area contributed by atoms with Crippen LogP contribution in [0.15, 0.2) is 108 Å². The number of aromatic nitrogens is 2. The summed E-state index contributed by atoms with van der Waals surface area (Å²) in [6, 6.07) is 25.6. The summed E-state index contributed by atoms with van der Waals surface area (Å²) in [5.41, 5.74) is 6.13. The zero-order chi connectivity index (χ0) is 29.8. The molecule has 218 valence electrons. The number of allylic oxidation sites excluding steroid dienone is 1. The van der Waals surface area contributed by atoms with E-state index in [4.69, 9.17) is 23.9 Å². The summed E-state index contributed by atoms with van der Waals surface area (Å²) in [4.78, 5) is 24.7. The number of ether oxygens (including phenoxy) is 2. The molecular weight excluding hydrogens is 611 g/mol. The number of para-hydroxylation sites is 1. The average molecular weight is 636 g/mol. The number of benzene rings is 3. The zero-order valence-electron chi connectivity index (χ0n) is 23.8. The van der Waals surface area contributed by atoms with E-state index in [1.165, 1.54) is 28.7 Å². The van der Waals surface area contributed by atoms with Crippen LogP contribution in [0.4, 0.5) is 0 Å². The van der Waals surface area contributed by atoms with Crippen LogP contribution in [-0.4, -0.2) is 23.8 Å². The molecule has 6 aromatic rings. The molecule has 0 radical (unpaired) electrons. The SMILES string of the molecule is COc1ccc(OC)c(C2C3=C(N=c4s/c(=C\c5ccc(Sc6nc7ccccc7s6)o5)c(=O)n42)c2ccccc2CC3)c1. The van der Waals surface area contributed by atoms with Crippen LogP contribution in [0.1, 0.15) is 34.9 Å². The minimum atomic E-state index is -0.386. The summed E-state index contributed by atoms with van der Waals surface area (Å²) in [6.45, 7) is 0. The molecule has 7 nitrogen and oxygen atoms in total. The van der Waals surface area contributed by atoms with Gasteiger partial charge in [0.15, 0.2) is 14.2 Å². The molecule has 0 N–H and O–H groups in total. The zero-order valence-corrected chi connectivity index (χ0v) is 26.2. The highest BCUT2D eigenvalue weighted by molar-refractivity contribution is 8.01. The first-order valence-corrected chi connectivity index (χ1v) is 16.5. The van der Waals surface area contributed by atoms with Crippen LogP contribution >= 0.6 is 34.4 Å². The standard InChI is InChI=1S/C34H25N3O4S3/c1-39-20-12-15-26(40-2)24(17-20)31-23-14-11-19-7-3-4-8-22(19)30(23)36-33-37(31)32(38)28(42-33)18-21-13-16-29(41-21)44-34-35-25-9-5-6-10-27(25)43-34/h3-10,12-13,15-18,31H,11,14H2,1-2H3/b28-18-. The van der Waals surface area contributed by atoms with Gasteiger partial charge in [-0.1, -0.05) is 47.7 Å². The minimum Gasteiger partial charge on any atom is -0.497 e. The number of furan rings is 1. The number of hydrogen-bond donors (Lipinski definition) is 0. The van der Waals surface area contributed by atoms with Crippen molar-refractivity contribution in [2.75, 3.05) is 14.2 Å². The molecule has 0 saturated carbocycles. The molecule has 44 heavy (non-hydrogen) atoms. The largest absolute Gasteiger partial charge is 0.497 e. The first-order chi connectivity index (χ1) is 21.6.